The van der Waals surface area contributed by atoms with Crippen LogP contribution in [0.3, 0.4) is 0 Å². The molecule has 2 atom stereocenters. The van der Waals surface area contributed by atoms with Gasteiger partial charge in [-0.05, 0) is 26.2 Å². The van der Waals surface area contributed by atoms with Crippen molar-refractivity contribution in [2.24, 2.45) is 5.73 Å². The predicted molar refractivity (Wildman–Crippen MR) is 38.3 cm³/mol. The number of hydrogen-bond donors (Lipinski definition) is 1. The Bertz CT molecular complexity index is 75.0. The second-order valence-corrected chi connectivity index (χ2v) is 2.92. The molecule has 1 radical (unpaired) electrons. The van der Waals surface area contributed by atoms with Crippen molar-refractivity contribution in [2.75, 3.05) is 6.54 Å². The fourth-order valence-corrected chi connectivity index (χ4v) is 1.31. The molecular formula is C7H15N2. The maximum atomic E-state index is 5.61. The van der Waals surface area contributed by atoms with E-state index >= 15 is 0 Å². The Morgan fingerprint density at radius 3 is 3.00 bits per heavy atom. The zero-order valence-corrected chi connectivity index (χ0v) is 6.01. The molecule has 1 fully saturated rings. The maximum Gasteiger partial charge on any atom is 0.0261 e. The van der Waals surface area contributed by atoms with E-state index in [0.717, 1.165) is 13.0 Å². The number of nitrogens with two attached hydrogens (primary N) is 1. The molecule has 2 nitrogen and oxygen atoms in total. The highest BCUT2D eigenvalue weighted by Crippen LogP contribution is 2.11. The number of hydrogen-bond acceptors (Lipinski definition) is 1. The smallest absolute Gasteiger partial charge is 0.0261 e. The van der Waals surface area contributed by atoms with Gasteiger partial charge in [-0.3, -0.25) is 0 Å². The van der Waals surface area contributed by atoms with Gasteiger partial charge in [0.05, 0.1) is 0 Å². The zero-order chi connectivity index (χ0) is 6.69. The van der Waals surface area contributed by atoms with Crippen LogP contribution in [-0.2, 0) is 0 Å². The summed E-state index contributed by atoms with van der Waals surface area (Å²) < 4.78 is 0. The quantitative estimate of drug-likeness (QED) is 0.576. The van der Waals surface area contributed by atoms with Gasteiger partial charge in [-0.2, -0.15) is 0 Å². The van der Waals surface area contributed by atoms with E-state index in [0.29, 0.717) is 12.1 Å². The summed E-state index contributed by atoms with van der Waals surface area (Å²) in [4.78, 5) is 0. The van der Waals surface area contributed by atoms with Crippen molar-refractivity contribution in [3.8, 4) is 0 Å². The van der Waals surface area contributed by atoms with E-state index in [1.54, 1.807) is 0 Å². The lowest BCUT2D eigenvalue weighted by molar-refractivity contribution is 0.501. The lowest BCUT2D eigenvalue weighted by Gasteiger charge is -2.10. The molecule has 2 heteroatoms. The third kappa shape index (κ3) is 2.33. The van der Waals surface area contributed by atoms with Crippen LogP contribution in [0.4, 0.5) is 0 Å². The van der Waals surface area contributed by atoms with Crippen LogP contribution in [0.15, 0.2) is 0 Å². The van der Waals surface area contributed by atoms with Gasteiger partial charge in [-0.1, -0.05) is 0 Å². The van der Waals surface area contributed by atoms with E-state index in [9.17, 15) is 0 Å². The topological polar surface area (TPSA) is 40.1 Å². The van der Waals surface area contributed by atoms with Crippen molar-refractivity contribution in [1.29, 1.82) is 0 Å². The molecule has 53 valence electrons. The summed E-state index contributed by atoms with van der Waals surface area (Å²) in [6, 6.07) is 0.918. The Balaban J connectivity index is 2.11. The van der Waals surface area contributed by atoms with Crippen molar-refractivity contribution in [3.63, 3.8) is 0 Å². The second-order valence-electron chi connectivity index (χ2n) is 2.92. The van der Waals surface area contributed by atoms with E-state index in [4.69, 9.17) is 5.73 Å². The molecule has 2 N–H and O–H groups in total. The summed E-state index contributed by atoms with van der Waals surface area (Å²) in [6.07, 6.45) is 3.62. The molecule has 1 aliphatic heterocycles. The summed E-state index contributed by atoms with van der Waals surface area (Å²) in [5.74, 6) is 0. The molecule has 0 spiro atoms. The van der Waals surface area contributed by atoms with Gasteiger partial charge in [-0.25, -0.2) is 5.32 Å². The van der Waals surface area contributed by atoms with Gasteiger partial charge in [0.1, 0.15) is 0 Å². The minimum atomic E-state index is 0.330. The standard InChI is InChI=1S/C7H15N2/c1-6(8)5-7-3-2-4-9-7/h6-7H,2-5,8H2,1H3. The maximum absolute atomic E-state index is 5.61. The van der Waals surface area contributed by atoms with Gasteiger partial charge >= 0.3 is 0 Å². The third-order valence-corrected chi connectivity index (χ3v) is 1.73. The molecule has 2 unspecified atom stereocenters. The van der Waals surface area contributed by atoms with E-state index < -0.39 is 0 Å². The molecule has 0 aromatic rings. The van der Waals surface area contributed by atoms with Crippen molar-refractivity contribution in [1.82, 2.24) is 5.32 Å². The van der Waals surface area contributed by atoms with Crippen LogP contribution in [0.2, 0.25) is 0 Å². The van der Waals surface area contributed by atoms with Crippen molar-refractivity contribution in [3.05, 3.63) is 0 Å². The molecule has 9 heavy (non-hydrogen) atoms. The minimum Gasteiger partial charge on any atom is -0.328 e. The molecule has 1 aliphatic rings. The van der Waals surface area contributed by atoms with Crippen LogP contribution < -0.4 is 11.1 Å². The highest BCUT2D eigenvalue weighted by molar-refractivity contribution is 4.76. The predicted octanol–water partition coefficient (Wildman–Crippen LogP) is 0.491. The van der Waals surface area contributed by atoms with Gasteiger partial charge in [0, 0.05) is 18.6 Å². The summed E-state index contributed by atoms with van der Waals surface area (Å²) >= 11 is 0. The first-order valence-electron chi connectivity index (χ1n) is 3.71. The Morgan fingerprint density at radius 2 is 2.56 bits per heavy atom. The van der Waals surface area contributed by atoms with E-state index in [2.05, 4.69) is 5.32 Å². The van der Waals surface area contributed by atoms with E-state index in [-0.39, 0.29) is 0 Å². The molecule has 0 aromatic carbocycles. The molecule has 0 aliphatic carbocycles. The Labute approximate surface area is 56.8 Å². The lowest BCUT2D eigenvalue weighted by Crippen LogP contribution is -2.25. The largest absolute Gasteiger partial charge is 0.328 e. The molecular weight excluding hydrogens is 112 g/mol. The van der Waals surface area contributed by atoms with Crippen molar-refractivity contribution >= 4 is 0 Å². The molecule has 1 heterocycles. The lowest BCUT2D eigenvalue weighted by atomic mass is 10.1. The first-order chi connectivity index (χ1) is 4.29. The highest BCUT2D eigenvalue weighted by Gasteiger charge is 2.15. The highest BCUT2D eigenvalue weighted by atomic mass is 14.9. The molecule has 0 bridgehead atoms. The summed E-state index contributed by atoms with van der Waals surface area (Å²) in [5.41, 5.74) is 5.61. The van der Waals surface area contributed by atoms with Gasteiger partial charge in [0.25, 0.3) is 0 Å². The fourth-order valence-electron chi connectivity index (χ4n) is 1.31. The molecule has 0 aromatic heterocycles. The summed E-state index contributed by atoms with van der Waals surface area (Å²) in [6.45, 7) is 3.12. The van der Waals surface area contributed by atoms with Gasteiger partial charge in [0.15, 0.2) is 0 Å². The SMILES string of the molecule is CC(N)CC1CCC[N]1. The Kier molecular flexibility index (Phi) is 2.49. The van der Waals surface area contributed by atoms with Crippen molar-refractivity contribution in [2.45, 2.75) is 38.3 Å². The molecule has 0 saturated carbocycles. The number of nitrogens with zero attached hydrogens (tertiary/aromatic N) is 1. The van der Waals surface area contributed by atoms with E-state index in [1.165, 1.54) is 12.8 Å². The van der Waals surface area contributed by atoms with Crippen LogP contribution in [0.5, 0.6) is 0 Å². The van der Waals surface area contributed by atoms with Gasteiger partial charge in [0.2, 0.25) is 0 Å². The van der Waals surface area contributed by atoms with Crippen molar-refractivity contribution < 1.29 is 0 Å². The molecule has 1 rings (SSSR count). The first-order valence-corrected chi connectivity index (χ1v) is 3.71. The van der Waals surface area contributed by atoms with Crippen LogP contribution in [0.25, 0.3) is 0 Å². The van der Waals surface area contributed by atoms with E-state index in [1.807, 2.05) is 6.92 Å². The third-order valence-electron chi connectivity index (χ3n) is 1.73. The average Bonchev–Trinajstić information content (AvgIpc) is 2.15. The first kappa shape index (κ1) is 7.03. The number of rotatable bonds is 2. The van der Waals surface area contributed by atoms with Gasteiger partial charge < -0.3 is 5.73 Å². The summed E-state index contributed by atoms with van der Waals surface area (Å²) in [7, 11) is 0. The monoisotopic (exact) mass is 127 g/mol. The molecule has 1 saturated heterocycles. The van der Waals surface area contributed by atoms with Crippen LogP contribution in [0, 0.1) is 0 Å². The van der Waals surface area contributed by atoms with Crippen LogP contribution >= 0.6 is 0 Å². The molecule has 0 amide bonds. The van der Waals surface area contributed by atoms with Crippen LogP contribution in [-0.4, -0.2) is 18.6 Å². The summed E-state index contributed by atoms with van der Waals surface area (Å²) in [5, 5.41) is 4.40. The average molecular weight is 127 g/mol. The zero-order valence-electron chi connectivity index (χ0n) is 6.01. The minimum absolute atomic E-state index is 0.330. The normalized spacial score (nSPS) is 30.7. The van der Waals surface area contributed by atoms with Gasteiger partial charge in [-0.15, -0.1) is 0 Å². The Hall–Kier alpha value is -0.0800. The fraction of sp³-hybridized carbons (Fsp3) is 1.00. The van der Waals surface area contributed by atoms with Crippen LogP contribution in [0.1, 0.15) is 26.2 Å². The second kappa shape index (κ2) is 3.18. The Morgan fingerprint density at radius 1 is 1.78 bits per heavy atom.